The van der Waals surface area contributed by atoms with E-state index in [-0.39, 0.29) is 17.3 Å². The fraction of sp³-hybridized carbons (Fsp3) is 0.214. The van der Waals surface area contributed by atoms with Gasteiger partial charge in [0.15, 0.2) is 5.82 Å². The van der Waals surface area contributed by atoms with Crippen molar-refractivity contribution in [2.75, 3.05) is 12.3 Å². The van der Waals surface area contributed by atoms with Crippen LogP contribution < -0.4 is 11.1 Å². The van der Waals surface area contributed by atoms with Gasteiger partial charge >= 0.3 is 0 Å². The highest BCUT2D eigenvalue weighted by molar-refractivity contribution is 6.30. The average molecular weight is 291 g/mol. The van der Waals surface area contributed by atoms with Gasteiger partial charge in [-0.25, -0.2) is 9.97 Å². The number of amides is 1. The molecule has 0 saturated carbocycles. The first-order chi connectivity index (χ1) is 9.61. The first kappa shape index (κ1) is 14.3. The smallest absolute Gasteiger partial charge is 0.256 e. The van der Waals surface area contributed by atoms with Crippen LogP contribution in [0.5, 0.6) is 0 Å². The van der Waals surface area contributed by atoms with Crippen molar-refractivity contribution < 1.29 is 4.79 Å². The molecule has 104 valence electrons. The molecule has 0 aliphatic carbocycles. The first-order valence-corrected chi connectivity index (χ1v) is 6.66. The lowest BCUT2D eigenvalue weighted by atomic mass is 10.2. The van der Waals surface area contributed by atoms with Gasteiger partial charge in [0, 0.05) is 23.3 Å². The van der Waals surface area contributed by atoms with E-state index in [4.69, 9.17) is 17.3 Å². The summed E-state index contributed by atoms with van der Waals surface area (Å²) in [5.41, 5.74) is 6.86. The Morgan fingerprint density at radius 1 is 1.45 bits per heavy atom. The number of aromatic nitrogens is 2. The van der Waals surface area contributed by atoms with Crippen molar-refractivity contribution in [3.05, 3.63) is 41.0 Å². The molecule has 1 amide bonds. The lowest BCUT2D eigenvalue weighted by molar-refractivity contribution is 0.0954. The Morgan fingerprint density at radius 2 is 2.25 bits per heavy atom. The summed E-state index contributed by atoms with van der Waals surface area (Å²) in [4.78, 5) is 20.2. The summed E-state index contributed by atoms with van der Waals surface area (Å²) in [5, 5.41) is 3.33. The molecule has 2 rings (SSSR count). The van der Waals surface area contributed by atoms with Crippen molar-refractivity contribution in [2.24, 2.45) is 0 Å². The molecule has 1 aromatic carbocycles. The van der Waals surface area contributed by atoms with Crippen molar-refractivity contribution in [2.45, 2.75) is 13.3 Å². The van der Waals surface area contributed by atoms with Crippen LogP contribution in [0.25, 0.3) is 11.4 Å². The van der Waals surface area contributed by atoms with Crippen molar-refractivity contribution in [3.63, 3.8) is 0 Å². The summed E-state index contributed by atoms with van der Waals surface area (Å²) in [6.07, 6.45) is 2.29. The lowest BCUT2D eigenvalue weighted by Gasteiger charge is -2.07. The molecule has 0 aliphatic heterocycles. The van der Waals surface area contributed by atoms with E-state index >= 15 is 0 Å². The SMILES string of the molecule is CCCNC(=O)c1cnc(-c2cccc(Cl)c2)nc1N. The standard InChI is InChI=1S/C14H15ClN4O/c1-2-6-17-14(20)11-8-18-13(19-12(11)16)9-4-3-5-10(15)7-9/h3-5,7-8H,2,6H2,1H3,(H,17,20)(H2,16,18,19). The maximum absolute atomic E-state index is 11.8. The summed E-state index contributed by atoms with van der Waals surface area (Å²) < 4.78 is 0. The van der Waals surface area contributed by atoms with Gasteiger partial charge in [-0.2, -0.15) is 0 Å². The van der Waals surface area contributed by atoms with Crippen molar-refractivity contribution in [1.29, 1.82) is 0 Å². The molecule has 0 saturated heterocycles. The van der Waals surface area contributed by atoms with E-state index in [0.717, 1.165) is 12.0 Å². The minimum absolute atomic E-state index is 0.156. The third-order valence-electron chi connectivity index (χ3n) is 2.68. The molecular formula is C14H15ClN4O. The lowest BCUT2D eigenvalue weighted by Crippen LogP contribution is -2.25. The minimum atomic E-state index is -0.262. The Balaban J connectivity index is 2.28. The molecule has 0 atom stereocenters. The molecule has 20 heavy (non-hydrogen) atoms. The quantitative estimate of drug-likeness (QED) is 0.906. The molecule has 6 heteroatoms. The molecule has 1 aromatic heterocycles. The summed E-state index contributed by atoms with van der Waals surface area (Å²) in [7, 11) is 0. The van der Waals surface area contributed by atoms with Gasteiger partial charge in [-0.3, -0.25) is 4.79 Å². The number of halogens is 1. The molecule has 1 heterocycles. The Labute approximate surface area is 122 Å². The van der Waals surface area contributed by atoms with E-state index in [1.54, 1.807) is 18.2 Å². The van der Waals surface area contributed by atoms with Crippen molar-refractivity contribution in [3.8, 4) is 11.4 Å². The zero-order valence-electron chi connectivity index (χ0n) is 11.1. The van der Waals surface area contributed by atoms with Gasteiger partial charge in [-0.1, -0.05) is 30.7 Å². The van der Waals surface area contributed by atoms with Crippen LogP contribution in [0.15, 0.2) is 30.5 Å². The Bertz CT molecular complexity index is 630. The molecule has 5 nitrogen and oxygen atoms in total. The van der Waals surface area contributed by atoms with E-state index < -0.39 is 0 Å². The molecular weight excluding hydrogens is 276 g/mol. The highest BCUT2D eigenvalue weighted by atomic mass is 35.5. The fourth-order valence-corrected chi connectivity index (χ4v) is 1.86. The predicted octanol–water partition coefficient (Wildman–Crippen LogP) is 2.52. The second-order valence-electron chi connectivity index (χ2n) is 4.26. The Hall–Kier alpha value is -2.14. The Morgan fingerprint density at radius 3 is 2.90 bits per heavy atom. The first-order valence-electron chi connectivity index (χ1n) is 6.28. The molecule has 0 fully saturated rings. The monoisotopic (exact) mass is 290 g/mol. The van der Waals surface area contributed by atoms with E-state index in [0.29, 0.717) is 17.4 Å². The number of carbonyl (C=O) groups excluding carboxylic acids is 1. The molecule has 0 radical (unpaired) electrons. The fourth-order valence-electron chi connectivity index (χ4n) is 1.67. The number of nitrogens with one attached hydrogen (secondary N) is 1. The van der Waals surface area contributed by atoms with Crippen LogP contribution in [-0.2, 0) is 0 Å². The second-order valence-corrected chi connectivity index (χ2v) is 4.70. The predicted molar refractivity (Wildman–Crippen MR) is 79.5 cm³/mol. The number of benzene rings is 1. The Kier molecular flexibility index (Phi) is 4.53. The number of nitrogen functional groups attached to an aromatic ring is 1. The van der Waals surface area contributed by atoms with Gasteiger partial charge in [-0.15, -0.1) is 0 Å². The van der Waals surface area contributed by atoms with Crippen LogP contribution in [-0.4, -0.2) is 22.4 Å². The van der Waals surface area contributed by atoms with Crippen molar-refractivity contribution >= 4 is 23.3 Å². The van der Waals surface area contributed by atoms with E-state index in [1.807, 2.05) is 13.0 Å². The number of nitrogens with zero attached hydrogens (tertiary/aromatic N) is 2. The van der Waals surface area contributed by atoms with Crippen LogP contribution in [0.1, 0.15) is 23.7 Å². The molecule has 3 N–H and O–H groups in total. The number of anilines is 1. The largest absolute Gasteiger partial charge is 0.383 e. The third-order valence-corrected chi connectivity index (χ3v) is 2.92. The second kappa shape index (κ2) is 6.34. The number of hydrogen-bond acceptors (Lipinski definition) is 4. The number of carbonyl (C=O) groups is 1. The summed E-state index contributed by atoms with van der Waals surface area (Å²) in [6.45, 7) is 2.57. The maximum Gasteiger partial charge on any atom is 0.256 e. The van der Waals surface area contributed by atoms with Crippen LogP contribution in [0, 0.1) is 0 Å². The summed E-state index contributed by atoms with van der Waals surface area (Å²) in [5.74, 6) is 0.336. The van der Waals surface area contributed by atoms with Gasteiger partial charge in [0.25, 0.3) is 5.91 Å². The topological polar surface area (TPSA) is 80.9 Å². The molecule has 0 spiro atoms. The van der Waals surface area contributed by atoms with Gasteiger partial charge in [0.05, 0.1) is 5.56 Å². The van der Waals surface area contributed by atoms with Crippen LogP contribution in [0.3, 0.4) is 0 Å². The number of hydrogen-bond donors (Lipinski definition) is 2. The van der Waals surface area contributed by atoms with Crippen LogP contribution in [0.2, 0.25) is 5.02 Å². The van der Waals surface area contributed by atoms with E-state index in [9.17, 15) is 4.79 Å². The van der Waals surface area contributed by atoms with Gasteiger partial charge in [0.1, 0.15) is 5.82 Å². The normalized spacial score (nSPS) is 10.3. The van der Waals surface area contributed by atoms with E-state index in [2.05, 4.69) is 15.3 Å². The number of rotatable bonds is 4. The minimum Gasteiger partial charge on any atom is -0.383 e. The highest BCUT2D eigenvalue weighted by Gasteiger charge is 2.12. The summed E-state index contributed by atoms with van der Waals surface area (Å²) in [6, 6.07) is 7.14. The molecule has 2 aromatic rings. The van der Waals surface area contributed by atoms with Gasteiger partial charge in [0.2, 0.25) is 0 Å². The van der Waals surface area contributed by atoms with Crippen LogP contribution >= 0.6 is 11.6 Å². The van der Waals surface area contributed by atoms with Crippen LogP contribution in [0.4, 0.5) is 5.82 Å². The molecule has 0 aliphatic rings. The zero-order chi connectivity index (χ0) is 14.5. The zero-order valence-corrected chi connectivity index (χ0v) is 11.8. The van der Waals surface area contributed by atoms with Crippen molar-refractivity contribution in [1.82, 2.24) is 15.3 Å². The highest BCUT2D eigenvalue weighted by Crippen LogP contribution is 2.20. The third kappa shape index (κ3) is 3.24. The molecule has 0 bridgehead atoms. The summed E-state index contributed by atoms with van der Waals surface area (Å²) >= 11 is 5.92. The van der Waals surface area contributed by atoms with Gasteiger partial charge < -0.3 is 11.1 Å². The average Bonchev–Trinajstić information content (AvgIpc) is 2.44. The van der Waals surface area contributed by atoms with E-state index in [1.165, 1.54) is 6.20 Å². The number of nitrogens with two attached hydrogens (primary N) is 1. The van der Waals surface area contributed by atoms with Gasteiger partial charge in [-0.05, 0) is 18.6 Å². The maximum atomic E-state index is 11.8. The molecule has 0 unspecified atom stereocenters.